The van der Waals surface area contributed by atoms with Crippen molar-refractivity contribution in [1.29, 1.82) is 0 Å². The van der Waals surface area contributed by atoms with E-state index in [2.05, 4.69) is 24.7 Å². The Balaban J connectivity index is 2.36. The van der Waals surface area contributed by atoms with Crippen LogP contribution in [0.4, 0.5) is 0 Å². The van der Waals surface area contributed by atoms with Crippen LogP contribution >= 0.6 is 0 Å². The van der Waals surface area contributed by atoms with Gasteiger partial charge < -0.3 is 11.2 Å². The molecule has 0 aromatic heterocycles. The first-order chi connectivity index (χ1) is 5.63. The molecule has 2 unspecified atom stereocenters. The molecule has 12 heavy (non-hydrogen) atoms. The van der Waals surface area contributed by atoms with Gasteiger partial charge in [-0.05, 0) is 31.3 Å². The molecule has 2 rings (SSSR count). The summed E-state index contributed by atoms with van der Waals surface area (Å²) in [6.45, 7) is 4.49. The third-order valence-corrected chi connectivity index (χ3v) is 3.16. The van der Waals surface area contributed by atoms with E-state index in [-0.39, 0.29) is 5.54 Å². The second kappa shape index (κ2) is 2.39. The first-order valence-electron chi connectivity index (χ1n) is 4.67. The van der Waals surface area contributed by atoms with Crippen LogP contribution in [-0.2, 0) is 0 Å². The van der Waals surface area contributed by atoms with Gasteiger partial charge in [0.25, 0.3) is 0 Å². The highest BCUT2D eigenvalue weighted by Gasteiger charge is 2.40. The van der Waals surface area contributed by atoms with E-state index in [0.29, 0.717) is 5.92 Å². The lowest BCUT2D eigenvalue weighted by Crippen LogP contribution is -2.46. The molecule has 0 spiro atoms. The van der Waals surface area contributed by atoms with Crippen molar-refractivity contribution in [3.63, 3.8) is 0 Å². The molecule has 3 heteroatoms. The fourth-order valence-corrected chi connectivity index (χ4v) is 2.55. The molecule has 1 fully saturated rings. The van der Waals surface area contributed by atoms with Crippen LogP contribution in [0.1, 0.15) is 33.1 Å². The second-order valence-corrected chi connectivity index (χ2v) is 4.20. The van der Waals surface area contributed by atoms with E-state index < -0.39 is 0 Å². The van der Waals surface area contributed by atoms with E-state index in [1.165, 1.54) is 24.8 Å². The van der Waals surface area contributed by atoms with Crippen LogP contribution in [0.5, 0.6) is 0 Å². The number of hydrazine groups is 1. The first kappa shape index (κ1) is 7.92. The van der Waals surface area contributed by atoms with Crippen LogP contribution in [0.3, 0.4) is 0 Å². The zero-order chi connectivity index (χ0) is 8.77. The number of hydrogen-bond donors (Lipinski definition) is 3. The van der Waals surface area contributed by atoms with E-state index >= 15 is 0 Å². The van der Waals surface area contributed by atoms with E-state index in [0.717, 1.165) is 5.82 Å². The number of hydrogen-bond acceptors (Lipinski definition) is 3. The summed E-state index contributed by atoms with van der Waals surface area (Å²) in [5.74, 6) is 1.48. The molecule has 0 aromatic rings. The van der Waals surface area contributed by atoms with Crippen molar-refractivity contribution < 1.29 is 0 Å². The predicted octanol–water partition coefficient (Wildman–Crippen LogP) is 0.843. The zero-order valence-corrected chi connectivity index (χ0v) is 7.78. The molecule has 68 valence electrons. The molecule has 0 bridgehead atoms. The Morgan fingerprint density at radius 3 is 3.00 bits per heavy atom. The van der Waals surface area contributed by atoms with Gasteiger partial charge in [-0.3, -0.25) is 0 Å². The zero-order valence-electron chi connectivity index (χ0n) is 7.78. The van der Waals surface area contributed by atoms with Gasteiger partial charge in [-0.25, -0.2) is 5.43 Å². The lowest BCUT2D eigenvalue weighted by molar-refractivity contribution is 0.305. The van der Waals surface area contributed by atoms with Crippen LogP contribution in [0, 0.1) is 5.92 Å². The largest absolute Gasteiger partial charge is 0.384 e. The van der Waals surface area contributed by atoms with Crippen molar-refractivity contribution >= 4 is 0 Å². The van der Waals surface area contributed by atoms with Gasteiger partial charge in [0.15, 0.2) is 0 Å². The van der Waals surface area contributed by atoms with Gasteiger partial charge in [0, 0.05) is 0 Å². The minimum absolute atomic E-state index is 0.127. The standard InChI is InChI=1S/C9H17N3/c1-6-4-3-5-9(2)7(6)8(10)11-12-9/h6,11-12H,3-5,10H2,1-2H3. The summed E-state index contributed by atoms with van der Waals surface area (Å²) in [5, 5.41) is 0. The van der Waals surface area contributed by atoms with E-state index in [1.54, 1.807) is 0 Å². The third kappa shape index (κ3) is 0.926. The minimum Gasteiger partial charge on any atom is -0.384 e. The summed E-state index contributed by atoms with van der Waals surface area (Å²) in [7, 11) is 0. The van der Waals surface area contributed by atoms with Crippen molar-refractivity contribution in [1.82, 2.24) is 10.9 Å². The van der Waals surface area contributed by atoms with Crippen molar-refractivity contribution in [3.05, 3.63) is 11.4 Å². The first-order valence-corrected chi connectivity index (χ1v) is 4.67. The summed E-state index contributed by atoms with van der Waals surface area (Å²) >= 11 is 0. The smallest absolute Gasteiger partial charge is 0.112 e. The van der Waals surface area contributed by atoms with Gasteiger partial charge in [-0.1, -0.05) is 13.3 Å². The second-order valence-electron chi connectivity index (χ2n) is 4.20. The maximum atomic E-state index is 5.87. The fraction of sp³-hybridized carbons (Fsp3) is 0.778. The number of rotatable bonds is 0. The fourth-order valence-electron chi connectivity index (χ4n) is 2.55. The van der Waals surface area contributed by atoms with E-state index in [4.69, 9.17) is 5.73 Å². The summed E-state index contributed by atoms with van der Waals surface area (Å²) in [4.78, 5) is 0. The lowest BCUT2D eigenvalue weighted by atomic mass is 9.74. The number of fused-ring (bicyclic) bond motifs is 1. The van der Waals surface area contributed by atoms with Crippen molar-refractivity contribution in [3.8, 4) is 0 Å². The van der Waals surface area contributed by atoms with Crippen molar-refractivity contribution in [2.24, 2.45) is 11.7 Å². The van der Waals surface area contributed by atoms with E-state index in [1.807, 2.05) is 0 Å². The Bertz CT molecular complexity index is 234. The topological polar surface area (TPSA) is 50.1 Å². The molecule has 3 nitrogen and oxygen atoms in total. The maximum Gasteiger partial charge on any atom is 0.112 e. The highest BCUT2D eigenvalue weighted by molar-refractivity contribution is 5.31. The molecule has 1 aliphatic carbocycles. The number of nitrogens with two attached hydrogens (primary N) is 1. The van der Waals surface area contributed by atoms with Gasteiger partial charge in [0.05, 0.1) is 5.54 Å². The Labute approximate surface area is 73.4 Å². The molecule has 2 atom stereocenters. The molecular formula is C9H17N3. The molecule has 0 radical (unpaired) electrons. The quantitative estimate of drug-likeness (QED) is 0.501. The molecule has 2 aliphatic rings. The molecule has 1 saturated carbocycles. The molecule has 4 N–H and O–H groups in total. The summed E-state index contributed by atoms with van der Waals surface area (Å²) in [6.07, 6.45) is 3.76. The maximum absolute atomic E-state index is 5.87. The summed E-state index contributed by atoms with van der Waals surface area (Å²) in [5.41, 5.74) is 13.7. The summed E-state index contributed by atoms with van der Waals surface area (Å²) in [6, 6.07) is 0. The van der Waals surface area contributed by atoms with Gasteiger partial charge in [-0.15, -0.1) is 0 Å². The predicted molar refractivity (Wildman–Crippen MR) is 48.9 cm³/mol. The van der Waals surface area contributed by atoms with Crippen molar-refractivity contribution in [2.75, 3.05) is 0 Å². The lowest BCUT2D eigenvalue weighted by Gasteiger charge is -2.35. The average Bonchev–Trinajstić information content (AvgIpc) is 2.29. The van der Waals surface area contributed by atoms with Crippen LogP contribution in [0.25, 0.3) is 0 Å². The monoisotopic (exact) mass is 167 g/mol. The minimum atomic E-state index is 0.127. The van der Waals surface area contributed by atoms with Crippen LogP contribution in [0.2, 0.25) is 0 Å². The number of nitrogens with one attached hydrogen (secondary N) is 2. The molecule has 0 amide bonds. The average molecular weight is 167 g/mol. The highest BCUT2D eigenvalue weighted by Crippen LogP contribution is 2.39. The molecule has 0 saturated heterocycles. The molecule has 1 heterocycles. The SMILES string of the molecule is CC1CCCC2(C)NNC(N)=C12. The van der Waals surface area contributed by atoms with E-state index in [9.17, 15) is 0 Å². The van der Waals surface area contributed by atoms with Gasteiger partial charge in [0.2, 0.25) is 0 Å². The third-order valence-electron chi connectivity index (χ3n) is 3.16. The van der Waals surface area contributed by atoms with Gasteiger partial charge >= 0.3 is 0 Å². The molecule has 0 aromatic carbocycles. The van der Waals surface area contributed by atoms with Gasteiger partial charge in [0.1, 0.15) is 5.82 Å². The van der Waals surface area contributed by atoms with Crippen LogP contribution in [-0.4, -0.2) is 5.54 Å². The summed E-state index contributed by atoms with van der Waals surface area (Å²) < 4.78 is 0. The van der Waals surface area contributed by atoms with Crippen molar-refractivity contribution in [2.45, 2.75) is 38.6 Å². The normalized spacial score (nSPS) is 41.0. The molecular weight excluding hydrogens is 150 g/mol. The Kier molecular flexibility index (Phi) is 1.58. The van der Waals surface area contributed by atoms with Gasteiger partial charge in [-0.2, -0.15) is 0 Å². The Morgan fingerprint density at radius 1 is 1.58 bits per heavy atom. The Hall–Kier alpha value is -0.700. The van der Waals surface area contributed by atoms with Crippen LogP contribution < -0.4 is 16.6 Å². The molecule has 1 aliphatic heterocycles. The Morgan fingerprint density at radius 2 is 2.33 bits per heavy atom. The highest BCUT2D eigenvalue weighted by atomic mass is 15.4. The van der Waals surface area contributed by atoms with Crippen LogP contribution in [0.15, 0.2) is 11.4 Å².